The normalized spacial score (nSPS) is 7.62. The summed E-state index contributed by atoms with van der Waals surface area (Å²) in [4.78, 5) is 43.1. The van der Waals surface area contributed by atoms with Crippen molar-refractivity contribution in [2.75, 3.05) is 0 Å². The van der Waals surface area contributed by atoms with Gasteiger partial charge in [-0.3, -0.25) is 0 Å². The molecule has 0 aromatic rings. The standard InChI is InChI=1S/Co.3Li.Mn.2H3O4P.O.3H/c;;;;;2*1-5(2,3)4;;;;/h;;;;;2*(H3,1,2,3,4);;;;. The first-order valence-electron chi connectivity index (χ1n) is 1.72. The molecule has 0 spiro atoms. The van der Waals surface area contributed by atoms with Crippen LogP contribution >= 0.6 is 15.6 Å². The van der Waals surface area contributed by atoms with Gasteiger partial charge >= 0.3 is 92.0 Å². The van der Waals surface area contributed by atoms with Gasteiger partial charge in [0.25, 0.3) is 0 Å². The van der Waals surface area contributed by atoms with Gasteiger partial charge in [-0.05, 0) is 0 Å². The van der Waals surface area contributed by atoms with Gasteiger partial charge in [0.2, 0.25) is 0 Å². The van der Waals surface area contributed by atoms with Crippen LogP contribution in [-0.4, -0.2) is 85.9 Å². The molecule has 16 heavy (non-hydrogen) atoms. The summed E-state index contributed by atoms with van der Waals surface area (Å²) in [6.45, 7) is 0. The van der Waals surface area contributed by atoms with Gasteiger partial charge < -0.3 is 29.4 Å². The summed E-state index contributed by atoms with van der Waals surface area (Å²) in [6, 6.07) is 0. The van der Waals surface area contributed by atoms with Gasteiger partial charge in [0, 0.05) is 16.8 Å². The van der Waals surface area contributed by atoms with E-state index in [1.165, 1.54) is 0 Å². The first-order chi connectivity index (χ1) is 5.00. The first-order valence-corrected chi connectivity index (χ1v) is 5.33. The molecule has 1 radical (unpaired) electrons. The van der Waals surface area contributed by atoms with Crippen LogP contribution in [0.25, 0.3) is 0 Å². The summed E-state index contributed by atoms with van der Waals surface area (Å²) in [7, 11) is -9.28. The molecule has 0 rings (SSSR count). The van der Waals surface area contributed by atoms with E-state index in [2.05, 4.69) is 0 Å². The molecule has 0 saturated carbocycles. The van der Waals surface area contributed by atoms with E-state index in [0.717, 1.165) is 0 Å². The van der Waals surface area contributed by atoms with E-state index >= 15 is 0 Å². The predicted octanol–water partition coefficient (Wildman–Crippen LogP) is -3.93. The zero-order valence-corrected chi connectivity index (χ0v) is 9.52. The quantitative estimate of drug-likeness (QED) is 0.188. The van der Waals surface area contributed by atoms with Crippen molar-refractivity contribution < 1.29 is 75.0 Å². The average molecular weight is 350 g/mol. The van der Waals surface area contributed by atoms with Crippen LogP contribution in [0.5, 0.6) is 0 Å². The van der Waals surface area contributed by atoms with Crippen LogP contribution in [0.4, 0.5) is 0 Å². The fraction of sp³-hybridized carbons (Fsp3) is 0. The zero-order valence-electron chi connectivity index (χ0n) is 5.51. The van der Waals surface area contributed by atoms with Crippen molar-refractivity contribution in [3.05, 3.63) is 0 Å². The maximum absolute atomic E-state index is 8.88. The number of rotatable bonds is 0. The van der Waals surface area contributed by atoms with E-state index in [1.54, 1.807) is 15.9 Å². The van der Waals surface area contributed by atoms with Gasteiger partial charge in [-0.25, -0.2) is 9.13 Å². The van der Waals surface area contributed by atoms with Crippen molar-refractivity contribution >= 4 is 72.2 Å². The molecule has 0 heterocycles. The predicted molar refractivity (Wildman–Crippen MR) is 50.7 cm³/mol. The Morgan fingerprint density at radius 3 is 0.625 bits per heavy atom. The monoisotopic (exact) mass is 350 g/mol. The fourth-order valence-electron chi connectivity index (χ4n) is 0. The SMILES string of the molecule is O=P(O)(O)O.O=P(O)(O)O.[Co].[LiH].[LiH].[LiH].[O]=[Mn]. The van der Waals surface area contributed by atoms with Crippen LogP contribution in [0.2, 0.25) is 0 Å². The summed E-state index contributed by atoms with van der Waals surface area (Å²) in [5, 5.41) is 0. The van der Waals surface area contributed by atoms with Gasteiger partial charge in [0.1, 0.15) is 0 Å². The van der Waals surface area contributed by atoms with Gasteiger partial charge in [0.15, 0.2) is 0 Å². The molecule has 16 heteroatoms. The molecule has 0 fully saturated rings. The molecule has 0 aliphatic carbocycles. The Morgan fingerprint density at radius 1 is 0.625 bits per heavy atom. The molecule has 9 nitrogen and oxygen atoms in total. The van der Waals surface area contributed by atoms with E-state index in [0.29, 0.717) is 0 Å². The van der Waals surface area contributed by atoms with Crippen molar-refractivity contribution in [1.82, 2.24) is 0 Å². The van der Waals surface area contributed by atoms with Crippen molar-refractivity contribution in [3.63, 3.8) is 0 Å². The third kappa shape index (κ3) is 524. The van der Waals surface area contributed by atoms with Crippen LogP contribution in [-0.2, 0) is 45.7 Å². The Balaban J connectivity index is -0.0000000144. The topological polar surface area (TPSA) is 173 Å². The molecule has 0 aliphatic rings. The second-order valence-electron chi connectivity index (χ2n) is 1.03. The second-order valence-corrected chi connectivity index (χ2v) is 3.08. The molecule has 0 aromatic heterocycles. The van der Waals surface area contributed by atoms with E-state index < -0.39 is 15.6 Å². The zero-order chi connectivity index (χ0) is 11.0. The molecule has 0 amide bonds. The second kappa shape index (κ2) is 23.0. The summed E-state index contributed by atoms with van der Waals surface area (Å²) in [5.74, 6) is 0. The van der Waals surface area contributed by atoms with Crippen molar-refractivity contribution in [1.29, 1.82) is 0 Å². The van der Waals surface area contributed by atoms with Crippen LogP contribution in [0.15, 0.2) is 0 Å². The van der Waals surface area contributed by atoms with Gasteiger partial charge in [-0.15, -0.1) is 0 Å². The summed E-state index contributed by atoms with van der Waals surface area (Å²) >= 11 is 1.69. The maximum atomic E-state index is 8.88. The molecule has 6 N–H and O–H groups in total. The Labute approximate surface area is 146 Å². The fourth-order valence-corrected chi connectivity index (χ4v) is 0. The van der Waals surface area contributed by atoms with E-state index in [4.69, 9.17) is 42.3 Å². The summed E-state index contributed by atoms with van der Waals surface area (Å²) in [5.41, 5.74) is 0. The molecular formula is H9CoLi3MnO9P2. The Kier molecular flexibility index (Phi) is 61.4. The van der Waals surface area contributed by atoms with Crippen molar-refractivity contribution in [3.8, 4) is 0 Å². The molecule has 92 valence electrons. The Morgan fingerprint density at radius 2 is 0.625 bits per heavy atom. The molecule has 0 aliphatic heterocycles. The summed E-state index contributed by atoms with van der Waals surface area (Å²) in [6.07, 6.45) is 0. The van der Waals surface area contributed by atoms with Crippen molar-refractivity contribution in [2.45, 2.75) is 0 Å². The average Bonchev–Trinajstić information content (AvgIpc) is 1.59. The van der Waals surface area contributed by atoms with Crippen molar-refractivity contribution in [2.24, 2.45) is 0 Å². The van der Waals surface area contributed by atoms with Crippen LogP contribution in [0.3, 0.4) is 0 Å². The molecule has 0 aromatic carbocycles. The van der Waals surface area contributed by atoms with Crippen LogP contribution in [0, 0.1) is 0 Å². The minimum atomic E-state index is -4.64. The van der Waals surface area contributed by atoms with Crippen LogP contribution < -0.4 is 0 Å². The number of hydrogen-bond acceptors (Lipinski definition) is 3. The van der Waals surface area contributed by atoms with E-state index in [1.807, 2.05) is 0 Å². The van der Waals surface area contributed by atoms with E-state index in [-0.39, 0.29) is 73.4 Å². The van der Waals surface area contributed by atoms with Gasteiger partial charge in [-0.2, -0.15) is 0 Å². The Hall–Kier alpha value is 2.84. The number of phosphoric acid groups is 2. The molecular weight excluding hydrogens is 341 g/mol. The third-order valence-corrected chi connectivity index (χ3v) is 0. The minimum absolute atomic E-state index is 0. The Bertz CT molecular complexity index is 153. The molecule has 0 atom stereocenters. The number of hydrogen-bond donors (Lipinski definition) is 6. The first kappa shape index (κ1) is 42.8. The molecule has 0 bridgehead atoms. The van der Waals surface area contributed by atoms with Crippen LogP contribution in [0.1, 0.15) is 0 Å². The molecule has 0 saturated heterocycles. The molecule has 0 unspecified atom stereocenters. The van der Waals surface area contributed by atoms with Gasteiger partial charge in [-0.1, -0.05) is 0 Å². The van der Waals surface area contributed by atoms with Gasteiger partial charge in [0.05, 0.1) is 0 Å². The van der Waals surface area contributed by atoms with E-state index in [9.17, 15) is 0 Å². The third-order valence-electron chi connectivity index (χ3n) is 0. The summed E-state index contributed by atoms with van der Waals surface area (Å²) < 4.78 is 25.8.